The van der Waals surface area contributed by atoms with Gasteiger partial charge in [-0.1, -0.05) is 12.1 Å². The first-order chi connectivity index (χ1) is 13.2. The van der Waals surface area contributed by atoms with Crippen LogP contribution in [0.1, 0.15) is 18.4 Å². The average Bonchev–Trinajstić information content (AvgIpc) is 3.32. The fourth-order valence-corrected chi connectivity index (χ4v) is 5.10. The first-order valence-corrected chi connectivity index (χ1v) is 9.69. The zero-order valence-corrected chi connectivity index (χ0v) is 15.2. The summed E-state index contributed by atoms with van der Waals surface area (Å²) in [5, 5.41) is 19.7. The average molecular weight is 376 g/mol. The van der Waals surface area contributed by atoms with Gasteiger partial charge in [0.15, 0.2) is 5.65 Å². The molecule has 0 aliphatic carbocycles. The van der Waals surface area contributed by atoms with Gasteiger partial charge in [-0.2, -0.15) is 5.26 Å². The van der Waals surface area contributed by atoms with Crippen molar-refractivity contribution in [3.63, 3.8) is 0 Å². The number of benzene rings is 1. The van der Waals surface area contributed by atoms with E-state index in [-0.39, 0.29) is 23.6 Å². The number of fused-ring (bicyclic) bond motifs is 5. The summed E-state index contributed by atoms with van der Waals surface area (Å²) in [5.74, 6) is 0.757. The van der Waals surface area contributed by atoms with E-state index in [0.717, 1.165) is 35.4 Å². The van der Waals surface area contributed by atoms with Crippen LogP contribution in [-0.2, 0) is 0 Å². The van der Waals surface area contributed by atoms with Crippen LogP contribution < -0.4 is 10.3 Å². The molecule has 27 heavy (non-hydrogen) atoms. The number of rotatable bonds is 2. The third kappa shape index (κ3) is 2.27. The number of para-hydroxylation sites is 1. The summed E-state index contributed by atoms with van der Waals surface area (Å²) >= 11 is 1.43. The molecule has 4 heterocycles. The molecule has 1 fully saturated rings. The second kappa shape index (κ2) is 6.05. The van der Waals surface area contributed by atoms with Crippen molar-refractivity contribution in [3.8, 4) is 6.07 Å². The van der Waals surface area contributed by atoms with Crippen molar-refractivity contribution in [2.24, 2.45) is 0 Å². The zero-order chi connectivity index (χ0) is 18.5. The molecule has 0 bridgehead atoms. The van der Waals surface area contributed by atoms with Crippen molar-refractivity contribution in [3.05, 3.63) is 52.2 Å². The van der Waals surface area contributed by atoms with E-state index in [4.69, 9.17) is 4.98 Å². The van der Waals surface area contributed by atoms with Crippen LogP contribution in [0.3, 0.4) is 0 Å². The molecule has 0 unspecified atom stereocenters. The summed E-state index contributed by atoms with van der Waals surface area (Å²) < 4.78 is 2.92. The van der Waals surface area contributed by atoms with Crippen LogP contribution in [0.4, 0.5) is 5.82 Å². The van der Waals surface area contributed by atoms with Crippen molar-refractivity contribution in [2.75, 3.05) is 18.1 Å². The maximum absolute atomic E-state index is 12.9. The molecule has 7 heteroatoms. The number of hydrogen-bond acceptors (Lipinski definition) is 6. The van der Waals surface area contributed by atoms with Gasteiger partial charge in [0.1, 0.15) is 22.3 Å². The summed E-state index contributed by atoms with van der Waals surface area (Å²) in [7, 11) is 0. The molecule has 1 saturated heterocycles. The Hall–Kier alpha value is -2.95. The number of nitriles is 1. The summed E-state index contributed by atoms with van der Waals surface area (Å²) in [5.41, 5.74) is 1.38. The first kappa shape index (κ1) is 16.2. The Morgan fingerprint density at radius 2 is 2.15 bits per heavy atom. The lowest BCUT2D eigenvalue weighted by Gasteiger charge is -2.24. The van der Waals surface area contributed by atoms with Gasteiger partial charge in [0.2, 0.25) is 5.43 Å². The van der Waals surface area contributed by atoms with Crippen LogP contribution in [0.15, 0.2) is 41.2 Å². The Balaban J connectivity index is 1.90. The molecule has 0 amide bonds. The van der Waals surface area contributed by atoms with E-state index in [1.165, 1.54) is 11.3 Å². The number of aliphatic hydroxyl groups excluding tert-OH is 1. The van der Waals surface area contributed by atoms with E-state index in [1.807, 2.05) is 34.7 Å². The Morgan fingerprint density at radius 1 is 1.30 bits per heavy atom. The highest BCUT2D eigenvalue weighted by molar-refractivity contribution is 7.24. The van der Waals surface area contributed by atoms with Gasteiger partial charge in [0.05, 0.1) is 28.3 Å². The van der Waals surface area contributed by atoms with Gasteiger partial charge in [0, 0.05) is 6.54 Å². The van der Waals surface area contributed by atoms with E-state index in [1.54, 1.807) is 6.07 Å². The Kier molecular flexibility index (Phi) is 3.64. The summed E-state index contributed by atoms with van der Waals surface area (Å²) in [6.07, 6.45) is 1.94. The quantitative estimate of drug-likeness (QED) is 0.582. The molecule has 1 aliphatic rings. The van der Waals surface area contributed by atoms with Gasteiger partial charge in [-0.25, -0.2) is 4.98 Å². The fourth-order valence-electron chi connectivity index (χ4n) is 3.96. The largest absolute Gasteiger partial charge is 0.394 e. The van der Waals surface area contributed by atoms with Crippen molar-refractivity contribution in [2.45, 2.75) is 18.9 Å². The highest BCUT2D eigenvalue weighted by Crippen LogP contribution is 2.32. The normalized spacial score (nSPS) is 17.2. The summed E-state index contributed by atoms with van der Waals surface area (Å²) in [4.78, 5) is 20.4. The predicted molar refractivity (Wildman–Crippen MR) is 107 cm³/mol. The number of aliphatic hydroxyl groups is 1. The van der Waals surface area contributed by atoms with E-state index in [0.29, 0.717) is 15.9 Å². The monoisotopic (exact) mass is 376 g/mol. The lowest BCUT2D eigenvalue weighted by molar-refractivity contribution is 0.266. The van der Waals surface area contributed by atoms with E-state index in [9.17, 15) is 15.2 Å². The number of nitrogens with zero attached hydrogens (tertiary/aromatic N) is 4. The lowest BCUT2D eigenvalue weighted by Crippen LogP contribution is -2.32. The zero-order valence-electron chi connectivity index (χ0n) is 14.4. The topological polar surface area (TPSA) is 81.6 Å². The van der Waals surface area contributed by atoms with Gasteiger partial charge >= 0.3 is 0 Å². The second-order valence-electron chi connectivity index (χ2n) is 6.74. The van der Waals surface area contributed by atoms with Gasteiger partial charge < -0.3 is 10.0 Å². The Morgan fingerprint density at radius 3 is 2.96 bits per heavy atom. The van der Waals surface area contributed by atoms with E-state index < -0.39 is 0 Å². The highest BCUT2D eigenvalue weighted by Gasteiger charge is 2.26. The molecule has 4 aromatic rings. The SMILES string of the molecule is N#Cc1c(=O)c2ccc(N3CCC[C@@H]3CO)nc2n2c1sc1ccccc12. The number of thiazole rings is 1. The minimum atomic E-state index is -0.279. The van der Waals surface area contributed by atoms with Gasteiger partial charge in [0.25, 0.3) is 0 Å². The molecule has 1 N–H and O–H groups in total. The molecule has 0 saturated carbocycles. The van der Waals surface area contributed by atoms with Gasteiger partial charge in [-0.3, -0.25) is 9.20 Å². The molecule has 0 radical (unpaired) electrons. The smallest absolute Gasteiger partial charge is 0.210 e. The molecule has 0 spiro atoms. The Bertz CT molecular complexity index is 1300. The van der Waals surface area contributed by atoms with Crippen LogP contribution in [-0.4, -0.2) is 33.7 Å². The van der Waals surface area contributed by atoms with Crippen molar-refractivity contribution < 1.29 is 5.11 Å². The molecule has 1 atom stereocenters. The molecule has 134 valence electrons. The fraction of sp³-hybridized carbons (Fsp3) is 0.250. The number of hydrogen-bond donors (Lipinski definition) is 1. The molecular formula is C20H16N4O2S. The van der Waals surface area contributed by atoms with Gasteiger partial charge in [-0.15, -0.1) is 11.3 Å². The Labute approximate surface area is 158 Å². The number of pyridine rings is 2. The third-order valence-corrected chi connectivity index (χ3v) is 6.41. The van der Waals surface area contributed by atoms with Crippen molar-refractivity contribution in [1.29, 1.82) is 5.26 Å². The minimum Gasteiger partial charge on any atom is -0.394 e. The van der Waals surface area contributed by atoms with Crippen LogP contribution in [0.2, 0.25) is 0 Å². The molecule has 1 aromatic carbocycles. The number of anilines is 1. The minimum absolute atomic E-state index is 0.0553. The highest BCUT2D eigenvalue weighted by atomic mass is 32.1. The lowest BCUT2D eigenvalue weighted by atomic mass is 10.2. The molecule has 1 aliphatic heterocycles. The standard InChI is InChI=1S/C20H16N4O2S/c21-10-14-18(26)13-7-8-17(23-9-3-4-12(23)11-25)22-19(13)24-15-5-1-2-6-16(15)27-20(14)24/h1-2,5-8,12,25H,3-4,9,11H2/t12-/m1/s1. The number of aromatic nitrogens is 2. The molecule has 5 rings (SSSR count). The third-order valence-electron chi connectivity index (χ3n) is 5.27. The molecule has 3 aromatic heterocycles. The van der Waals surface area contributed by atoms with Crippen molar-refractivity contribution in [1.82, 2.24) is 9.38 Å². The molecule has 6 nitrogen and oxygen atoms in total. The van der Waals surface area contributed by atoms with Crippen LogP contribution in [0, 0.1) is 11.3 Å². The summed E-state index contributed by atoms with van der Waals surface area (Å²) in [6, 6.07) is 13.6. The summed E-state index contributed by atoms with van der Waals surface area (Å²) in [6.45, 7) is 0.923. The van der Waals surface area contributed by atoms with Crippen LogP contribution >= 0.6 is 11.3 Å². The van der Waals surface area contributed by atoms with E-state index in [2.05, 4.69) is 11.0 Å². The van der Waals surface area contributed by atoms with Gasteiger partial charge in [-0.05, 0) is 37.1 Å². The van der Waals surface area contributed by atoms with E-state index >= 15 is 0 Å². The predicted octanol–water partition coefficient (Wildman–Crippen LogP) is 2.90. The second-order valence-corrected chi connectivity index (χ2v) is 7.77. The van der Waals surface area contributed by atoms with Crippen molar-refractivity contribution >= 4 is 43.2 Å². The first-order valence-electron chi connectivity index (χ1n) is 8.87. The molecular weight excluding hydrogens is 360 g/mol. The van der Waals surface area contributed by atoms with Crippen LogP contribution in [0.5, 0.6) is 0 Å². The van der Waals surface area contributed by atoms with Crippen LogP contribution in [0.25, 0.3) is 26.1 Å². The maximum Gasteiger partial charge on any atom is 0.210 e. The maximum atomic E-state index is 12.9.